The van der Waals surface area contributed by atoms with Crippen LogP contribution < -0.4 is 86.4 Å². The first-order chi connectivity index (χ1) is 33.0. The summed E-state index contributed by atoms with van der Waals surface area (Å²) >= 11 is 0. The van der Waals surface area contributed by atoms with Gasteiger partial charge in [-0.2, -0.15) is 0 Å². The van der Waals surface area contributed by atoms with Crippen LogP contribution in [0.25, 0.3) is 20.9 Å². The molecular weight excluding hydrogens is 890 g/mol. The van der Waals surface area contributed by atoms with Gasteiger partial charge in [0.2, 0.25) is 0 Å². The fourth-order valence-corrected chi connectivity index (χ4v) is 6.72. The second kappa shape index (κ2) is 50.0. The van der Waals surface area contributed by atoms with Gasteiger partial charge in [0.25, 0.3) is 0 Å². The van der Waals surface area contributed by atoms with E-state index < -0.39 is 0 Å². The predicted octanol–water partition coefficient (Wildman–Crippen LogP) is 5.20. The zero-order valence-electron chi connectivity index (χ0n) is 52.8. The minimum absolute atomic E-state index is 0. The normalized spacial score (nSPS) is 10.3. The van der Waals surface area contributed by atoms with Crippen LogP contribution in [0.3, 0.4) is 0 Å². The molecule has 0 N–H and O–H groups in total. The Labute approximate surface area is 506 Å². The molecule has 0 saturated carbocycles. The van der Waals surface area contributed by atoms with Gasteiger partial charge in [-0.1, -0.05) is 230 Å². The number of nitrogens with zero attached hydrogens (tertiary/aromatic N) is 4. The van der Waals surface area contributed by atoms with Gasteiger partial charge >= 0.3 is 75.4 Å². The molecule has 0 aliphatic rings. The second-order valence-corrected chi connectivity index (χ2v) is 19.7. The van der Waals surface area contributed by atoms with Crippen molar-refractivity contribution in [1.29, 1.82) is 0 Å². The summed E-state index contributed by atoms with van der Waals surface area (Å²) in [5, 5.41) is 20.4. The molecule has 4 aromatic carbocycles. The van der Waals surface area contributed by atoms with E-state index in [1.165, 1.54) is 22.3 Å². The number of rotatable bonds is 20. The first-order valence-corrected chi connectivity index (χ1v) is 26.6. The number of ether oxygens (including phenoxy) is 4. The van der Waals surface area contributed by atoms with Gasteiger partial charge in [-0.05, 0) is 79.1 Å². The van der Waals surface area contributed by atoms with Crippen molar-refractivity contribution < 1.29 is 94.4 Å². The molecule has 8 nitrogen and oxygen atoms in total. The van der Waals surface area contributed by atoms with E-state index in [0.717, 1.165) is 75.2 Å². The molecule has 74 heavy (non-hydrogen) atoms. The van der Waals surface area contributed by atoms with Crippen LogP contribution in [-0.4, -0.2) is 77.9 Å². The minimum atomic E-state index is -0.182. The van der Waals surface area contributed by atoms with Gasteiger partial charge in [-0.25, -0.2) is 0 Å². The summed E-state index contributed by atoms with van der Waals surface area (Å²) < 4.78 is 19.3. The van der Waals surface area contributed by atoms with E-state index in [1.54, 1.807) is 0 Å². The Morgan fingerprint density at radius 2 is 0.541 bits per heavy atom. The zero-order chi connectivity index (χ0) is 53.7. The average molecular weight is 993 g/mol. The van der Waals surface area contributed by atoms with E-state index in [-0.39, 0.29) is 100 Å². The number of hydrogen-bond acceptors (Lipinski definition) is 4. The van der Waals surface area contributed by atoms with Crippen molar-refractivity contribution in [3.8, 4) is 0 Å². The van der Waals surface area contributed by atoms with E-state index >= 15 is 0 Å². The summed E-state index contributed by atoms with van der Waals surface area (Å²) in [5.74, 6) is 1.74. The van der Waals surface area contributed by atoms with Crippen LogP contribution in [0, 0.1) is 0 Å². The van der Waals surface area contributed by atoms with Crippen molar-refractivity contribution >= 4 is 36.3 Å². The molecule has 0 aliphatic carbocycles. The molecule has 0 bridgehead atoms. The number of hydrogen-bond donors (Lipinski definition) is 0. The fraction of sp³-hybridized carbons (Fsp3) is 0.600. The topological polar surface area (TPSA) is 93.3 Å². The molecule has 4 rings (SSSR count). The third-order valence-electron chi connectivity index (χ3n) is 10.0. The van der Waals surface area contributed by atoms with Crippen LogP contribution in [0.1, 0.15) is 198 Å². The average Bonchev–Trinajstić information content (AvgIpc) is 3.30. The van der Waals surface area contributed by atoms with Crippen molar-refractivity contribution in [2.75, 3.05) is 52.9 Å². The Bertz CT molecular complexity index is 1630. The quantitative estimate of drug-likeness (QED) is 0.114. The van der Waals surface area contributed by atoms with Crippen molar-refractivity contribution in [3.05, 3.63) is 140 Å². The maximum atomic E-state index is 5.19. The van der Waals surface area contributed by atoms with Crippen molar-refractivity contribution in [2.24, 2.45) is 0 Å². The summed E-state index contributed by atoms with van der Waals surface area (Å²) in [4.78, 5) is 0. The molecule has 0 aromatic heterocycles. The van der Waals surface area contributed by atoms with Crippen molar-refractivity contribution in [2.45, 2.75) is 187 Å². The molecule has 0 fully saturated rings. The smallest absolute Gasteiger partial charge is 0.720 e. The summed E-state index contributed by atoms with van der Waals surface area (Å²) in [7, 11) is 0. The first kappa shape index (κ1) is 84.1. The predicted molar refractivity (Wildman–Crippen MR) is 314 cm³/mol. The van der Waals surface area contributed by atoms with Crippen molar-refractivity contribution in [3.63, 3.8) is 0 Å². The van der Waals surface area contributed by atoms with Crippen LogP contribution in [-0.2, 0) is 18.9 Å². The molecule has 0 amide bonds. The van der Waals surface area contributed by atoms with Gasteiger partial charge < -0.3 is 39.9 Å². The largest absolute Gasteiger partial charge is 1.00 e. The van der Waals surface area contributed by atoms with Gasteiger partial charge in [0.05, 0.1) is 0 Å². The Morgan fingerprint density at radius 3 is 0.689 bits per heavy atom. The maximum Gasteiger partial charge on any atom is 1.00 e. The standard InChI is InChI=1S/2C22H31BN2.4C4H10O.4Li/c2*1-16(2)19-14-11-15-20(17(3)4)21(19)24-23(25-22(5,6)7)18-12-9-8-10-13-18;4*1-3-5-4-2;;;;/h2*8-17H,1-7H3;4*3-4H2,1-2H3;;;;/q2*-2;;;;;4*+1. The van der Waals surface area contributed by atoms with E-state index in [1.807, 2.05) is 67.5 Å². The van der Waals surface area contributed by atoms with E-state index in [0.29, 0.717) is 23.7 Å². The molecule has 0 heterocycles. The van der Waals surface area contributed by atoms with Crippen LogP contribution in [0.5, 0.6) is 0 Å². The summed E-state index contributed by atoms with van der Waals surface area (Å²) in [6, 6.07) is 33.9. The summed E-state index contributed by atoms with van der Waals surface area (Å²) in [5.41, 5.74) is 9.45. The Morgan fingerprint density at radius 1 is 0.338 bits per heavy atom. The fourth-order valence-electron chi connectivity index (χ4n) is 6.72. The third kappa shape index (κ3) is 40.0. The van der Waals surface area contributed by atoms with Gasteiger partial charge in [0.1, 0.15) is 0 Å². The van der Waals surface area contributed by atoms with Gasteiger partial charge in [0.15, 0.2) is 0 Å². The number of benzene rings is 4. The van der Waals surface area contributed by atoms with Gasteiger partial charge in [-0.3, -0.25) is 0 Å². The molecule has 4 aromatic rings. The van der Waals surface area contributed by atoms with Crippen LogP contribution in [0.4, 0.5) is 11.4 Å². The maximum absolute atomic E-state index is 5.19. The van der Waals surface area contributed by atoms with E-state index in [4.69, 9.17) is 39.9 Å². The molecule has 0 radical (unpaired) electrons. The molecule has 396 valence electrons. The molecule has 0 spiro atoms. The summed E-state index contributed by atoms with van der Waals surface area (Å²) in [6.45, 7) is 53.0. The monoisotopic (exact) mass is 993 g/mol. The molecule has 0 unspecified atom stereocenters. The molecule has 0 atom stereocenters. The third-order valence-corrected chi connectivity index (χ3v) is 10.0. The van der Waals surface area contributed by atoms with E-state index in [2.05, 4.69) is 182 Å². The zero-order valence-corrected chi connectivity index (χ0v) is 52.8. The molecule has 14 heteroatoms. The SMILES string of the molecule is CC(C)c1cccc(C(C)C)c1[N-]B([N-]C(C)(C)C)c1ccccc1.CC(C)c1cccc(C(C)C)c1[N-]B([N-]C(C)(C)C)c1ccccc1.CCOCC.CCOCC.CCOCC.CCOCC.[Li+].[Li+].[Li+].[Li+]. The summed E-state index contributed by atoms with van der Waals surface area (Å²) in [6.07, 6.45) is 0. The Kier molecular flexibility index (Phi) is 56.8. The minimum Gasteiger partial charge on any atom is -0.720 e. The van der Waals surface area contributed by atoms with Crippen LogP contribution in [0.15, 0.2) is 97.1 Å². The molecule has 0 saturated heterocycles. The van der Waals surface area contributed by atoms with Crippen LogP contribution >= 0.6 is 0 Å². The molecule has 0 aliphatic heterocycles. The van der Waals surface area contributed by atoms with E-state index in [9.17, 15) is 0 Å². The molecular formula is C60H102B2Li4N4O4. The Hall–Kier alpha value is -1.24. The van der Waals surface area contributed by atoms with Crippen LogP contribution in [0.2, 0.25) is 0 Å². The van der Waals surface area contributed by atoms with Crippen molar-refractivity contribution in [1.82, 2.24) is 0 Å². The first-order valence-electron chi connectivity index (χ1n) is 26.6. The second-order valence-electron chi connectivity index (χ2n) is 19.7. The Balaban J connectivity index is -0.000000220. The van der Waals surface area contributed by atoms with Gasteiger partial charge in [-0.15, -0.1) is 33.4 Å². The van der Waals surface area contributed by atoms with Gasteiger partial charge in [0, 0.05) is 52.9 Å².